The average molecular weight is 337 g/mol. The first-order valence-electron chi connectivity index (χ1n) is 7.28. The Morgan fingerprint density at radius 1 is 1.45 bits per heavy atom. The van der Waals surface area contributed by atoms with Crippen molar-refractivity contribution in [1.29, 1.82) is 0 Å². The SMILES string of the molecule is CC(C)(C)c1cnc(NC(=O)c2csc(C3CCCO3)n2)s1. The zero-order chi connectivity index (χ0) is 15.7. The summed E-state index contributed by atoms with van der Waals surface area (Å²) < 4.78 is 5.60. The molecule has 1 unspecified atom stereocenters. The van der Waals surface area contributed by atoms with Crippen molar-refractivity contribution in [3.63, 3.8) is 0 Å². The van der Waals surface area contributed by atoms with Gasteiger partial charge in [-0.15, -0.1) is 22.7 Å². The van der Waals surface area contributed by atoms with Crippen molar-refractivity contribution in [3.05, 3.63) is 27.2 Å². The van der Waals surface area contributed by atoms with Gasteiger partial charge >= 0.3 is 0 Å². The van der Waals surface area contributed by atoms with E-state index in [1.54, 1.807) is 5.38 Å². The Labute approximate surface area is 137 Å². The van der Waals surface area contributed by atoms with E-state index in [0.717, 1.165) is 29.3 Å². The minimum Gasteiger partial charge on any atom is -0.371 e. The number of hydrogen-bond donors (Lipinski definition) is 1. The van der Waals surface area contributed by atoms with Crippen LogP contribution < -0.4 is 5.32 Å². The van der Waals surface area contributed by atoms with Crippen LogP contribution >= 0.6 is 22.7 Å². The Bertz CT molecular complexity index is 666. The van der Waals surface area contributed by atoms with Crippen LogP contribution in [0.3, 0.4) is 0 Å². The van der Waals surface area contributed by atoms with Crippen LogP contribution in [0, 0.1) is 0 Å². The number of thiazole rings is 2. The highest BCUT2D eigenvalue weighted by molar-refractivity contribution is 7.16. The first kappa shape index (κ1) is 15.6. The Morgan fingerprint density at radius 2 is 2.27 bits per heavy atom. The number of anilines is 1. The molecule has 1 aliphatic rings. The van der Waals surface area contributed by atoms with E-state index in [4.69, 9.17) is 4.74 Å². The molecule has 1 aliphatic heterocycles. The number of nitrogens with one attached hydrogen (secondary N) is 1. The third kappa shape index (κ3) is 3.37. The molecular weight excluding hydrogens is 318 g/mol. The summed E-state index contributed by atoms with van der Waals surface area (Å²) in [5, 5.41) is 6.11. The summed E-state index contributed by atoms with van der Waals surface area (Å²) in [6, 6.07) is 0. The van der Waals surface area contributed by atoms with Crippen molar-refractivity contribution >= 4 is 33.7 Å². The van der Waals surface area contributed by atoms with Gasteiger partial charge in [-0.1, -0.05) is 20.8 Å². The van der Waals surface area contributed by atoms with Crippen molar-refractivity contribution in [1.82, 2.24) is 9.97 Å². The maximum absolute atomic E-state index is 12.3. The molecular formula is C15H19N3O2S2. The highest BCUT2D eigenvalue weighted by Crippen LogP contribution is 2.32. The second kappa shape index (κ2) is 6.06. The number of rotatable bonds is 3. The molecule has 0 radical (unpaired) electrons. The largest absolute Gasteiger partial charge is 0.371 e. The van der Waals surface area contributed by atoms with Crippen LogP contribution in [-0.2, 0) is 10.2 Å². The third-order valence-electron chi connectivity index (χ3n) is 3.43. The Balaban J connectivity index is 1.68. The van der Waals surface area contributed by atoms with E-state index in [1.807, 2.05) is 6.20 Å². The van der Waals surface area contributed by atoms with Crippen molar-refractivity contribution in [2.75, 3.05) is 11.9 Å². The van der Waals surface area contributed by atoms with Gasteiger partial charge in [0.2, 0.25) is 0 Å². The molecule has 0 spiro atoms. The lowest BCUT2D eigenvalue weighted by Crippen LogP contribution is -2.12. The van der Waals surface area contributed by atoms with Gasteiger partial charge < -0.3 is 4.74 Å². The van der Waals surface area contributed by atoms with Gasteiger partial charge in [-0.25, -0.2) is 9.97 Å². The second-order valence-corrected chi connectivity index (χ2v) is 8.23. The van der Waals surface area contributed by atoms with Gasteiger partial charge in [0.1, 0.15) is 16.8 Å². The Hall–Kier alpha value is -1.31. The number of carbonyl (C=O) groups excluding carboxylic acids is 1. The topological polar surface area (TPSA) is 64.1 Å². The summed E-state index contributed by atoms with van der Waals surface area (Å²) in [4.78, 5) is 22.1. The zero-order valence-corrected chi connectivity index (χ0v) is 14.5. The first-order valence-corrected chi connectivity index (χ1v) is 8.98. The van der Waals surface area contributed by atoms with E-state index in [-0.39, 0.29) is 17.4 Å². The van der Waals surface area contributed by atoms with Crippen LogP contribution in [-0.4, -0.2) is 22.5 Å². The highest BCUT2D eigenvalue weighted by atomic mass is 32.1. The quantitative estimate of drug-likeness (QED) is 0.919. The maximum Gasteiger partial charge on any atom is 0.276 e. The van der Waals surface area contributed by atoms with Crippen LogP contribution in [0.5, 0.6) is 0 Å². The van der Waals surface area contributed by atoms with Crippen LogP contribution in [0.15, 0.2) is 11.6 Å². The molecule has 0 aliphatic carbocycles. The van der Waals surface area contributed by atoms with E-state index in [0.29, 0.717) is 10.8 Å². The number of ether oxygens (including phenoxy) is 1. The molecule has 0 saturated carbocycles. The molecule has 2 aromatic heterocycles. The van der Waals surface area contributed by atoms with Crippen molar-refractivity contribution in [3.8, 4) is 0 Å². The molecule has 1 N–H and O–H groups in total. The van der Waals surface area contributed by atoms with E-state index in [9.17, 15) is 4.79 Å². The summed E-state index contributed by atoms with van der Waals surface area (Å²) >= 11 is 2.98. The maximum atomic E-state index is 12.3. The molecule has 1 saturated heterocycles. The highest BCUT2D eigenvalue weighted by Gasteiger charge is 2.23. The molecule has 1 fully saturated rings. The molecule has 0 bridgehead atoms. The molecule has 0 aromatic carbocycles. The lowest BCUT2D eigenvalue weighted by atomic mass is 9.96. The summed E-state index contributed by atoms with van der Waals surface area (Å²) in [5.41, 5.74) is 0.469. The van der Waals surface area contributed by atoms with Crippen molar-refractivity contribution in [2.24, 2.45) is 0 Å². The predicted molar refractivity (Wildman–Crippen MR) is 88.8 cm³/mol. The van der Waals surface area contributed by atoms with E-state index in [1.165, 1.54) is 22.7 Å². The number of hydrogen-bond acceptors (Lipinski definition) is 6. The minimum absolute atomic E-state index is 0.0360. The van der Waals surface area contributed by atoms with Gasteiger partial charge in [0.15, 0.2) is 5.13 Å². The molecule has 1 atom stereocenters. The smallest absolute Gasteiger partial charge is 0.276 e. The molecule has 5 nitrogen and oxygen atoms in total. The van der Waals surface area contributed by atoms with Gasteiger partial charge in [0, 0.05) is 23.1 Å². The second-order valence-electron chi connectivity index (χ2n) is 6.31. The fraction of sp³-hybridized carbons (Fsp3) is 0.533. The molecule has 1 amide bonds. The summed E-state index contributed by atoms with van der Waals surface area (Å²) in [7, 11) is 0. The van der Waals surface area contributed by atoms with Crippen LogP contribution in [0.2, 0.25) is 0 Å². The van der Waals surface area contributed by atoms with E-state index >= 15 is 0 Å². The predicted octanol–water partition coefficient (Wildman–Crippen LogP) is 4.00. The van der Waals surface area contributed by atoms with E-state index in [2.05, 4.69) is 36.1 Å². The van der Waals surface area contributed by atoms with Crippen molar-refractivity contribution < 1.29 is 9.53 Å². The number of aromatic nitrogens is 2. The fourth-order valence-corrected chi connectivity index (χ4v) is 3.90. The normalized spacial score (nSPS) is 18.6. The van der Waals surface area contributed by atoms with E-state index < -0.39 is 0 Å². The molecule has 3 rings (SSSR count). The molecule has 7 heteroatoms. The number of amides is 1. The third-order valence-corrected chi connectivity index (χ3v) is 5.70. The Morgan fingerprint density at radius 3 is 2.91 bits per heavy atom. The standard InChI is InChI=1S/C15H19N3O2S2/c1-15(2,3)11-7-16-14(22-11)18-12(19)9-8-21-13(17-9)10-5-4-6-20-10/h7-8,10H,4-6H2,1-3H3,(H,16,18,19). The van der Waals surface area contributed by atoms with Crippen LogP contribution in [0.25, 0.3) is 0 Å². The molecule has 2 aromatic rings. The van der Waals surface area contributed by atoms with Gasteiger partial charge in [0.25, 0.3) is 5.91 Å². The molecule has 22 heavy (non-hydrogen) atoms. The van der Waals surface area contributed by atoms with Crippen molar-refractivity contribution in [2.45, 2.75) is 45.1 Å². The van der Waals surface area contributed by atoms with Gasteiger partial charge in [-0.2, -0.15) is 0 Å². The minimum atomic E-state index is -0.213. The number of nitrogens with zero attached hydrogens (tertiary/aromatic N) is 2. The Kier molecular flexibility index (Phi) is 4.29. The lowest BCUT2D eigenvalue weighted by Gasteiger charge is -2.14. The lowest BCUT2D eigenvalue weighted by molar-refractivity contribution is 0.101. The summed E-state index contributed by atoms with van der Waals surface area (Å²) in [6.45, 7) is 7.15. The fourth-order valence-electron chi connectivity index (χ4n) is 2.15. The first-order chi connectivity index (χ1) is 10.4. The van der Waals surface area contributed by atoms with Crippen LogP contribution in [0.1, 0.15) is 60.1 Å². The molecule has 118 valence electrons. The molecule has 3 heterocycles. The van der Waals surface area contributed by atoms with Gasteiger partial charge in [-0.3, -0.25) is 10.1 Å². The van der Waals surface area contributed by atoms with Gasteiger partial charge in [-0.05, 0) is 18.3 Å². The zero-order valence-electron chi connectivity index (χ0n) is 12.9. The summed E-state index contributed by atoms with van der Waals surface area (Å²) in [6.07, 6.45) is 3.91. The monoisotopic (exact) mass is 337 g/mol. The summed E-state index contributed by atoms with van der Waals surface area (Å²) in [5.74, 6) is -0.213. The van der Waals surface area contributed by atoms with Crippen LogP contribution in [0.4, 0.5) is 5.13 Å². The van der Waals surface area contributed by atoms with Gasteiger partial charge in [0.05, 0.1) is 0 Å². The average Bonchev–Trinajstić information content (AvgIpc) is 3.18. The number of carbonyl (C=O) groups is 1.